The summed E-state index contributed by atoms with van der Waals surface area (Å²) in [6.45, 7) is 4.94. The summed E-state index contributed by atoms with van der Waals surface area (Å²) in [4.78, 5) is 34.5. The van der Waals surface area contributed by atoms with Gasteiger partial charge in [0, 0.05) is 30.7 Å². The van der Waals surface area contributed by atoms with Crippen molar-refractivity contribution >= 4 is 17.6 Å². The summed E-state index contributed by atoms with van der Waals surface area (Å²) >= 11 is 0. The Labute approximate surface area is 206 Å². The molecule has 2 aromatic heterocycles. The van der Waals surface area contributed by atoms with Crippen LogP contribution in [0, 0.1) is 0 Å². The molecule has 9 nitrogen and oxygen atoms in total. The molecule has 3 aromatic rings. The summed E-state index contributed by atoms with van der Waals surface area (Å²) < 4.78 is 52.2. The van der Waals surface area contributed by atoms with E-state index < -0.39 is 36.7 Å². The second-order valence-electron chi connectivity index (χ2n) is 7.93. The van der Waals surface area contributed by atoms with Crippen LogP contribution < -0.4 is 10.1 Å². The molecule has 0 aliphatic carbocycles. The first-order valence-corrected chi connectivity index (χ1v) is 11.4. The molecule has 194 valence electrons. The van der Waals surface area contributed by atoms with Crippen LogP contribution >= 0.6 is 0 Å². The Morgan fingerprint density at radius 1 is 1.25 bits per heavy atom. The van der Waals surface area contributed by atoms with Crippen LogP contribution in [0.4, 0.5) is 18.0 Å². The minimum atomic E-state index is -4.82. The number of halogens is 3. The molecule has 2 atom stereocenters. The summed E-state index contributed by atoms with van der Waals surface area (Å²) in [5.74, 6) is -0.702. The van der Waals surface area contributed by atoms with Crippen molar-refractivity contribution in [2.24, 2.45) is 0 Å². The number of hydrogen-bond donors (Lipinski definition) is 1. The van der Waals surface area contributed by atoms with Gasteiger partial charge in [-0.05, 0) is 32.4 Å². The Morgan fingerprint density at radius 3 is 2.64 bits per heavy atom. The van der Waals surface area contributed by atoms with Crippen molar-refractivity contribution in [3.8, 4) is 17.1 Å². The van der Waals surface area contributed by atoms with E-state index in [1.165, 1.54) is 18.9 Å². The predicted molar refractivity (Wildman–Crippen MR) is 125 cm³/mol. The SMILES string of the molecule is CCOC(=O)CC(NC(=O)N(CC)C(C)c1cccc(-c2cn3ccnc3c(OC)n2)c1)C(F)(F)F. The number of hydrogen-bond acceptors (Lipinski definition) is 6. The number of urea groups is 1. The molecule has 0 saturated heterocycles. The number of ether oxygens (including phenoxy) is 2. The zero-order valence-electron chi connectivity index (χ0n) is 20.4. The van der Waals surface area contributed by atoms with Gasteiger partial charge in [0.1, 0.15) is 6.04 Å². The number of nitrogens with zero attached hydrogens (tertiary/aromatic N) is 4. The molecular weight excluding hydrogens is 479 g/mol. The van der Waals surface area contributed by atoms with Crippen LogP contribution in [0.25, 0.3) is 16.9 Å². The van der Waals surface area contributed by atoms with Crippen LogP contribution in [-0.4, -0.2) is 63.7 Å². The highest BCUT2D eigenvalue weighted by atomic mass is 19.4. The number of benzene rings is 1. The molecule has 2 heterocycles. The topological polar surface area (TPSA) is 98.1 Å². The van der Waals surface area contributed by atoms with E-state index in [-0.39, 0.29) is 13.2 Å². The average Bonchev–Trinajstić information content (AvgIpc) is 3.32. The Hall–Kier alpha value is -3.83. The second-order valence-corrected chi connectivity index (χ2v) is 7.93. The Kier molecular flexibility index (Phi) is 8.38. The standard InChI is InChI=1S/C24H28F3N5O4/c1-5-32(23(34)30-19(24(25,26)27)13-20(33)36-6-2)15(3)16-8-7-9-17(12-16)18-14-31-11-10-28-21(31)22(29-18)35-4/h7-12,14-15,19H,5-6,13H2,1-4H3,(H,30,34). The van der Waals surface area contributed by atoms with Gasteiger partial charge in [0.05, 0.1) is 31.9 Å². The van der Waals surface area contributed by atoms with Gasteiger partial charge in [-0.15, -0.1) is 0 Å². The molecule has 1 N–H and O–H groups in total. The Morgan fingerprint density at radius 2 is 2.00 bits per heavy atom. The van der Waals surface area contributed by atoms with Crippen molar-refractivity contribution in [1.29, 1.82) is 0 Å². The maximum absolute atomic E-state index is 13.5. The molecule has 2 unspecified atom stereocenters. The fraction of sp³-hybridized carbons (Fsp3) is 0.417. The van der Waals surface area contributed by atoms with Crippen LogP contribution in [0.2, 0.25) is 0 Å². The maximum Gasteiger partial charge on any atom is 0.409 e. The van der Waals surface area contributed by atoms with E-state index in [0.717, 1.165) is 5.56 Å². The largest absolute Gasteiger partial charge is 0.478 e. The van der Waals surface area contributed by atoms with Gasteiger partial charge in [-0.25, -0.2) is 14.8 Å². The average molecular weight is 508 g/mol. The summed E-state index contributed by atoms with van der Waals surface area (Å²) in [6, 6.07) is 3.30. The maximum atomic E-state index is 13.5. The molecule has 0 radical (unpaired) electrons. The second kappa shape index (κ2) is 11.3. The first-order chi connectivity index (χ1) is 17.1. The molecule has 3 rings (SSSR count). The zero-order chi connectivity index (χ0) is 26.5. The number of alkyl halides is 3. The highest BCUT2D eigenvalue weighted by molar-refractivity contribution is 5.77. The van der Waals surface area contributed by atoms with E-state index in [4.69, 9.17) is 4.74 Å². The van der Waals surface area contributed by atoms with Gasteiger partial charge in [0.15, 0.2) is 5.65 Å². The highest BCUT2D eigenvalue weighted by Crippen LogP contribution is 2.29. The van der Waals surface area contributed by atoms with E-state index in [2.05, 4.69) is 14.7 Å². The molecule has 0 spiro atoms. The molecule has 36 heavy (non-hydrogen) atoms. The predicted octanol–water partition coefficient (Wildman–Crippen LogP) is 4.38. The number of imidazole rings is 1. The number of fused-ring (bicyclic) bond motifs is 1. The Balaban J connectivity index is 1.84. The molecule has 0 aliphatic rings. The van der Waals surface area contributed by atoms with Crippen LogP contribution in [0.1, 0.15) is 38.8 Å². The molecule has 0 fully saturated rings. The van der Waals surface area contributed by atoms with E-state index in [0.29, 0.717) is 22.8 Å². The summed E-state index contributed by atoms with van der Waals surface area (Å²) in [5, 5.41) is 1.95. The van der Waals surface area contributed by atoms with Gasteiger partial charge in [-0.1, -0.05) is 18.2 Å². The lowest BCUT2D eigenvalue weighted by Gasteiger charge is -2.31. The van der Waals surface area contributed by atoms with Gasteiger partial charge in [0.25, 0.3) is 5.88 Å². The monoisotopic (exact) mass is 507 g/mol. The normalized spacial score (nSPS) is 13.2. The molecule has 12 heteroatoms. The van der Waals surface area contributed by atoms with E-state index in [1.807, 2.05) is 17.4 Å². The van der Waals surface area contributed by atoms with Gasteiger partial charge in [-0.2, -0.15) is 13.2 Å². The fourth-order valence-corrected chi connectivity index (χ4v) is 3.78. The first-order valence-electron chi connectivity index (χ1n) is 11.4. The van der Waals surface area contributed by atoms with Crippen molar-refractivity contribution in [3.63, 3.8) is 0 Å². The van der Waals surface area contributed by atoms with Gasteiger partial charge in [0.2, 0.25) is 0 Å². The summed E-state index contributed by atoms with van der Waals surface area (Å²) in [7, 11) is 1.49. The molecule has 1 aromatic carbocycles. The molecule has 0 bridgehead atoms. The van der Waals surface area contributed by atoms with E-state index >= 15 is 0 Å². The van der Waals surface area contributed by atoms with Crippen LogP contribution in [0.5, 0.6) is 5.88 Å². The lowest BCUT2D eigenvalue weighted by atomic mass is 10.0. The Bertz CT molecular complexity index is 1210. The van der Waals surface area contributed by atoms with Crippen LogP contribution in [0.15, 0.2) is 42.9 Å². The third-order valence-electron chi connectivity index (χ3n) is 5.64. The molecule has 0 saturated carbocycles. The number of amides is 2. The lowest BCUT2D eigenvalue weighted by Crippen LogP contribution is -2.52. The molecular formula is C24H28F3N5O4. The summed E-state index contributed by atoms with van der Waals surface area (Å²) in [5.41, 5.74) is 2.55. The van der Waals surface area contributed by atoms with Crippen molar-refractivity contribution in [3.05, 3.63) is 48.4 Å². The minimum Gasteiger partial charge on any atom is -0.478 e. The summed E-state index contributed by atoms with van der Waals surface area (Å²) in [6.07, 6.45) is -0.666. The third kappa shape index (κ3) is 6.04. The van der Waals surface area contributed by atoms with E-state index in [9.17, 15) is 22.8 Å². The zero-order valence-corrected chi connectivity index (χ0v) is 20.4. The molecule has 0 aliphatic heterocycles. The number of aromatic nitrogens is 3. The smallest absolute Gasteiger partial charge is 0.409 e. The lowest BCUT2D eigenvalue weighted by molar-refractivity contribution is -0.168. The first kappa shape index (κ1) is 26.8. The number of methoxy groups -OCH3 is 1. The number of nitrogens with one attached hydrogen (secondary N) is 1. The highest BCUT2D eigenvalue weighted by Gasteiger charge is 2.43. The quantitative estimate of drug-likeness (QED) is 0.432. The minimum absolute atomic E-state index is 0.0552. The van der Waals surface area contributed by atoms with Crippen LogP contribution in [0.3, 0.4) is 0 Å². The van der Waals surface area contributed by atoms with Crippen LogP contribution in [-0.2, 0) is 9.53 Å². The fourth-order valence-electron chi connectivity index (χ4n) is 3.78. The number of rotatable bonds is 9. The van der Waals surface area contributed by atoms with Gasteiger partial charge in [-0.3, -0.25) is 4.79 Å². The number of carbonyl (C=O) groups is 2. The van der Waals surface area contributed by atoms with Crippen molar-refractivity contribution < 1.29 is 32.2 Å². The third-order valence-corrected chi connectivity index (χ3v) is 5.64. The van der Waals surface area contributed by atoms with Gasteiger partial charge < -0.3 is 24.1 Å². The van der Waals surface area contributed by atoms with Gasteiger partial charge >= 0.3 is 18.2 Å². The van der Waals surface area contributed by atoms with E-state index in [1.54, 1.807) is 49.0 Å². The van der Waals surface area contributed by atoms with Crippen molar-refractivity contribution in [2.45, 2.75) is 45.5 Å². The number of carbonyl (C=O) groups excluding carboxylic acids is 2. The van der Waals surface area contributed by atoms with Crippen molar-refractivity contribution in [1.82, 2.24) is 24.6 Å². The number of esters is 1. The molecule has 2 amide bonds. The van der Waals surface area contributed by atoms with Crippen molar-refractivity contribution in [2.75, 3.05) is 20.3 Å².